The lowest BCUT2D eigenvalue weighted by atomic mass is 10.1. The monoisotopic (exact) mass is 317 g/mol. The molecule has 0 aromatic carbocycles. The van der Waals surface area contributed by atoms with Crippen LogP contribution >= 0.6 is 0 Å². The molecular formula is C15H19N5O3. The maximum absolute atomic E-state index is 12.5. The molecule has 8 heteroatoms. The van der Waals surface area contributed by atoms with E-state index in [1.54, 1.807) is 29.6 Å². The Morgan fingerprint density at radius 2 is 2.17 bits per heavy atom. The second-order valence-electron chi connectivity index (χ2n) is 5.78. The summed E-state index contributed by atoms with van der Waals surface area (Å²) in [5.41, 5.74) is -0.387. The molecule has 0 bridgehead atoms. The summed E-state index contributed by atoms with van der Waals surface area (Å²) in [5.74, 6) is 0.447. The smallest absolute Gasteiger partial charge is 0.338 e. The molecule has 2 aromatic rings. The zero-order valence-corrected chi connectivity index (χ0v) is 13.2. The quantitative estimate of drug-likeness (QED) is 0.826. The highest BCUT2D eigenvalue weighted by molar-refractivity contribution is 5.93. The van der Waals surface area contributed by atoms with Crippen LogP contribution in [0.4, 0.5) is 0 Å². The summed E-state index contributed by atoms with van der Waals surface area (Å²) in [6.45, 7) is 0.523. The van der Waals surface area contributed by atoms with Crippen molar-refractivity contribution < 1.29 is 4.79 Å². The van der Waals surface area contributed by atoms with Crippen molar-refractivity contribution in [1.29, 1.82) is 0 Å². The van der Waals surface area contributed by atoms with Crippen molar-refractivity contribution in [1.82, 2.24) is 24.2 Å². The van der Waals surface area contributed by atoms with Gasteiger partial charge in [-0.25, -0.2) is 9.48 Å². The van der Waals surface area contributed by atoms with Gasteiger partial charge in [0.1, 0.15) is 11.4 Å². The third-order valence-electron chi connectivity index (χ3n) is 4.39. The maximum Gasteiger partial charge on any atom is 0.345 e. The van der Waals surface area contributed by atoms with Crippen LogP contribution in [-0.2, 0) is 20.0 Å². The average Bonchev–Trinajstić information content (AvgIpc) is 2.71. The minimum atomic E-state index is -0.389. The maximum atomic E-state index is 12.5. The summed E-state index contributed by atoms with van der Waals surface area (Å²) in [7, 11) is 3.34. The Bertz CT molecular complexity index is 847. The Kier molecular flexibility index (Phi) is 3.89. The van der Waals surface area contributed by atoms with Gasteiger partial charge in [-0.15, -0.1) is 0 Å². The Morgan fingerprint density at radius 1 is 1.39 bits per heavy atom. The van der Waals surface area contributed by atoms with Crippen molar-refractivity contribution in [3.05, 3.63) is 50.6 Å². The molecule has 122 valence electrons. The van der Waals surface area contributed by atoms with Crippen LogP contribution in [0.25, 0.3) is 0 Å². The summed E-state index contributed by atoms with van der Waals surface area (Å²) in [6, 6.07) is 3.12. The predicted molar refractivity (Wildman–Crippen MR) is 83.4 cm³/mol. The first-order valence-corrected chi connectivity index (χ1v) is 7.56. The van der Waals surface area contributed by atoms with Crippen LogP contribution in [0.5, 0.6) is 0 Å². The topological polar surface area (TPSA) is 93.0 Å². The number of nitrogens with one attached hydrogen (secondary N) is 1. The molecule has 0 saturated carbocycles. The van der Waals surface area contributed by atoms with Crippen LogP contribution in [0.2, 0.25) is 0 Å². The largest absolute Gasteiger partial charge is 0.345 e. The fourth-order valence-corrected chi connectivity index (χ4v) is 3.02. The molecule has 0 aliphatic carbocycles. The number of carbonyl (C=O) groups excluding carboxylic acids is 1. The number of aromatic nitrogens is 4. The van der Waals surface area contributed by atoms with Gasteiger partial charge in [-0.3, -0.25) is 14.2 Å². The number of aryl methyl sites for hydroxylation is 2. The lowest BCUT2D eigenvalue weighted by Crippen LogP contribution is -2.40. The molecule has 2 aromatic heterocycles. The van der Waals surface area contributed by atoms with Gasteiger partial charge < -0.3 is 9.88 Å². The highest BCUT2D eigenvalue weighted by Crippen LogP contribution is 2.17. The van der Waals surface area contributed by atoms with Crippen LogP contribution in [-0.4, -0.2) is 43.2 Å². The number of fused-ring (bicyclic) bond motifs is 1. The normalized spacial score (nSPS) is 17.4. The first-order valence-electron chi connectivity index (χ1n) is 7.56. The first-order chi connectivity index (χ1) is 11.0. The Labute approximate surface area is 132 Å². The third-order valence-corrected chi connectivity index (χ3v) is 4.39. The molecular weight excluding hydrogens is 298 g/mol. The second kappa shape index (κ2) is 5.86. The van der Waals surface area contributed by atoms with E-state index < -0.39 is 0 Å². The highest BCUT2D eigenvalue weighted by atomic mass is 16.2. The molecule has 0 radical (unpaired) electrons. The number of carbonyl (C=O) groups is 1. The molecule has 1 atom stereocenters. The zero-order valence-electron chi connectivity index (χ0n) is 13.2. The van der Waals surface area contributed by atoms with Crippen molar-refractivity contribution in [3.8, 4) is 0 Å². The fraction of sp³-hybridized carbons (Fsp3) is 0.467. The fourth-order valence-electron chi connectivity index (χ4n) is 3.02. The molecule has 0 spiro atoms. The Morgan fingerprint density at radius 3 is 2.91 bits per heavy atom. The molecule has 8 nitrogen and oxygen atoms in total. The lowest BCUT2D eigenvalue weighted by Gasteiger charge is -2.26. The summed E-state index contributed by atoms with van der Waals surface area (Å²) in [6.07, 6.45) is 3.50. The average molecular weight is 317 g/mol. The van der Waals surface area contributed by atoms with Gasteiger partial charge in [0.15, 0.2) is 0 Å². The number of nitrogens with zero attached hydrogens (tertiary/aromatic N) is 4. The van der Waals surface area contributed by atoms with Gasteiger partial charge in [0.05, 0.1) is 0 Å². The summed E-state index contributed by atoms with van der Waals surface area (Å²) in [4.78, 5) is 40.4. The number of H-pyrrole nitrogens is 1. The van der Waals surface area contributed by atoms with Gasteiger partial charge in [0.2, 0.25) is 0 Å². The predicted octanol–water partition coefficient (Wildman–Crippen LogP) is -0.253. The van der Waals surface area contributed by atoms with E-state index in [0.29, 0.717) is 25.8 Å². The van der Waals surface area contributed by atoms with Gasteiger partial charge in [-0.05, 0) is 25.0 Å². The molecule has 0 saturated heterocycles. The van der Waals surface area contributed by atoms with Gasteiger partial charge in [0.25, 0.3) is 11.5 Å². The van der Waals surface area contributed by atoms with Crippen LogP contribution in [0, 0.1) is 0 Å². The number of hydrogen-bond acceptors (Lipinski definition) is 4. The lowest BCUT2D eigenvalue weighted by molar-refractivity contribution is 0.0714. The van der Waals surface area contributed by atoms with E-state index in [2.05, 4.69) is 10.1 Å². The summed E-state index contributed by atoms with van der Waals surface area (Å²) in [5, 5.41) is 4.23. The first kappa shape index (κ1) is 15.3. The van der Waals surface area contributed by atoms with Gasteiger partial charge in [-0.1, -0.05) is 0 Å². The van der Waals surface area contributed by atoms with Crippen LogP contribution in [0.15, 0.2) is 27.9 Å². The van der Waals surface area contributed by atoms with Crippen molar-refractivity contribution in [2.45, 2.75) is 31.8 Å². The second-order valence-corrected chi connectivity index (χ2v) is 5.78. The molecule has 1 aliphatic heterocycles. The molecule has 3 heterocycles. The van der Waals surface area contributed by atoms with Crippen molar-refractivity contribution in [2.24, 2.45) is 7.05 Å². The van der Waals surface area contributed by atoms with E-state index in [0.717, 1.165) is 5.82 Å². The molecule has 23 heavy (non-hydrogen) atoms. The summed E-state index contributed by atoms with van der Waals surface area (Å²) >= 11 is 0. The van der Waals surface area contributed by atoms with Crippen LogP contribution < -0.4 is 11.2 Å². The zero-order chi connectivity index (χ0) is 16.6. The molecule has 3 rings (SSSR count). The Hall–Kier alpha value is -2.64. The number of aromatic amines is 1. The van der Waals surface area contributed by atoms with E-state index in [-0.39, 0.29) is 28.8 Å². The van der Waals surface area contributed by atoms with Crippen molar-refractivity contribution in [2.75, 3.05) is 7.05 Å². The summed E-state index contributed by atoms with van der Waals surface area (Å²) < 4.78 is 3.00. The number of hydrogen-bond donors (Lipinski definition) is 1. The van der Waals surface area contributed by atoms with E-state index in [1.807, 2.05) is 0 Å². The molecule has 0 fully saturated rings. The van der Waals surface area contributed by atoms with E-state index in [4.69, 9.17) is 0 Å². The Balaban J connectivity index is 1.78. The van der Waals surface area contributed by atoms with Crippen molar-refractivity contribution in [3.63, 3.8) is 0 Å². The van der Waals surface area contributed by atoms with Gasteiger partial charge >= 0.3 is 5.69 Å². The number of pyridine rings is 1. The van der Waals surface area contributed by atoms with E-state index >= 15 is 0 Å². The number of rotatable bonds is 2. The van der Waals surface area contributed by atoms with Gasteiger partial charge in [0, 0.05) is 39.3 Å². The minimum Gasteiger partial charge on any atom is -0.338 e. The molecule has 1 unspecified atom stereocenters. The number of amides is 1. The molecule has 1 N–H and O–H groups in total. The SMILES string of the molecule is CN(C(=O)c1ccc[nH]c1=O)C1CCc2nn(C)c(=O)n2CC1. The van der Waals surface area contributed by atoms with Crippen LogP contribution in [0.3, 0.4) is 0 Å². The molecule has 1 amide bonds. The highest BCUT2D eigenvalue weighted by Gasteiger charge is 2.26. The third kappa shape index (κ3) is 2.71. The van der Waals surface area contributed by atoms with Crippen LogP contribution in [0.1, 0.15) is 29.0 Å². The molecule has 1 aliphatic rings. The van der Waals surface area contributed by atoms with Crippen molar-refractivity contribution >= 4 is 5.91 Å². The van der Waals surface area contributed by atoms with E-state index in [9.17, 15) is 14.4 Å². The minimum absolute atomic E-state index is 0.0338. The van der Waals surface area contributed by atoms with Gasteiger partial charge in [-0.2, -0.15) is 5.10 Å². The standard InChI is InChI=1S/C15H19N5O3/c1-18(14(22)11-4-3-8-16-13(11)21)10-5-6-12-17-19(2)15(23)20(12)9-7-10/h3-4,8,10H,5-7,9H2,1-2H3,(H,16,21). The van der Waals surface area contributed by atoms with E-state index in [1.165, 1.54) is 16.9 Å².